The van der Waals surface area contributed by atoms with Gasteiger partial charge in [0.25, 0.3) is 0 Å². The van der Waals surface area contributed by atoms with Gasteiger partial charge in [0.2, 0.25) is 0 Å². The van der Waals surface area contributed by atoms with Crippen LogP contribution in [0.1, 0.15) is 0 Å². The fourth-order valence-corrected chi connectivity index (χ4v) is 0.385. The summed E-state index contributed by atoms with van der Waals surface area (Å²) in [5.74, 6) is 0. The van der Waals surface area contributed by atoms with Crippen molar-refractivity contribution >= 4 is 52.8 Å². The molecular weight excluding hydrogens is 290 g/mol. The predicted molar refractivity (Wildman–Crippen MR) is 63.6 cm³/mol. The first-order valence-corrected chi connectivity index (χ1v) is 7.38. The zero-order chi connectivity index (χ0) is 11.4. The Kier molecular flexibility index (Phi) is 13.6. The van der Waals surface area contributed by atoms with Gasteiger partial charge in [-0.3, -0.25) is 0 Å². The van der Waals surface area contributed by atoms with Crippen LogP contribution in [-0.4, -0.2) is 13.8 Å². The molecule has 0 unspecified atom stereocenters. The highest BCUT2D eigenvalue weighted by atomic mass is 36.0. The fraction of sp³-hybridized carbons (Fsp3) is 0.143. The average molecular weight is 298 g/mol. The zero-order valence-corrected chi connectivity index (χ0v) is 10.7. The molecule has 0 aliphatic rings. The summed E-state index contributed by atoms with van der Waals surface area (Å²) in [4.78, 5) is 0. The van der Waals surface area contributed by atoms with E-state index >= 15 is 0 Å². The van der Waals surface area contributed by atoms with Gasteiger partial charge in [0.1, 0.15) is 0 Å². The summed E-state index contributed by atoms with van der Waals surface area (Å²) in [7, 11) is 4.81. The van der Waals surface area contributed by atoms with Gasteiger partial charge >= 0.3 is 8.26 Å². The van der Waals surface area contributed by atoms with Crippen molar-refractivity contribution in [3.05, 3.63) is 36.4 Å². The molecule has 2 nitrogen and oxygen atoms in total. The van der Waals surface area contributed by atoms with Crippen molar-refractivity contribution < 1.29 is 8.42 Å². The number of benzene rings is 1. The van der Waals surface area contributed by atoms with Crippen LogP contribution < -0.4 is 0 Å². The Bertz CT molecular complexity index is 253. The minimum absolute atomic E-state index is 0.194. The number of hydrogen-bond donors (Lipinski definition) is 0. The predicted octanol–water partition coefficient (Wildman–Crippen LogP) is 3.82. The van der Waals surface area contributed by atoms with E-state index in [0.717, 1.165) is 0 Å². The van der Waals surface area contributed by atoms with Gasteiger partial charge in [-0.15, -0.1) is 23.2 Å². The van der Waals surface area contributed by atoms with E-state index in [1.54, 1.807) is 0 Å². The van der Waals surface area contributed by atoms with Crippen LogP contribution in [0.25, 0.3) is 0 Å². The van der Waals surface area contributed by atoms with Crippen LogP contribution in [-0.2, 0) is 8.26 Å². The quantitative estimate of drug-likeness (QED) is 0.539. The maximum Gasteiger partial charge on any atom is 0.317 e. The lowest BCUT2D eigenvalue weighted by Crippen LogP contribution is -1.63. The standard InChI is InChI=1S/C6H6.CH2Cl2.Cl2O2S/c1-2-4-6-5-3-1;2-1-3;1-5(2,3)4/h1-6H;1H2;. The molecule has 0 heterocycles. The smallest absolute Gasteiger partial charge is 0.195 e. The van der Waals surface area contributed by atoms with E-state index in [1.807, 2.05) is 36.4 Å². The van der Waals surface area contributed by atoms with Gasteiger partial charge in [-0.25, -0.2) is 0 Å². The Hall–Kier alpha value is 0.330. The number of alkyl halides is 2. The van der Waals surface area contributed by atoms with Crippen LogP contribution in [0.5, 0.6) is 0 Å². The van der Waals surface area contributed by atoms with E-state index in [1.165, 1.54) is 0 Å². The Morgan fingerprint density at radius 3 is 0.929 bits per heavy atom. The molecule has 1 aromatic carbocycles. The Morgan fingerprint density at radius 2 is 0.857 bits per heavy atom. The van der Waals surface area contributed by atoms with E-state index in [2.05, 4.69) is 21.4 Å². The minimum atomic E-state index is -3.72. The topological polar surface area (TPSA) is 34.1 Å². The van der Waals surface area contributed by atoms with Crippen molar-refractivity contribution in [2.75, 3.05) is 5.34 Å². The average Bonchev–Trinajstić information content (AvgIpc) is 2.06. The van der Waals surface area contributed by atoms with Gasteiger partial charge in [-0.1, -0.05) is 36.4 Å². The van der Waals surface area contributed by atoms with Crippen molar-refractivity contribution in [3.63, 3.8) is 0 Å². The van der Waals surface area contributed by atoms with E-state index in [-0.39, 0.29) is 5.34 Å². The number of halogens is 4. The normalized spacial score (nSPS) is 8.86. The van der Waals surface area contributed by atoms with Crippen LogP contribution in [0, 0.1) is 0 Å². The molecule has 14 heavy (non-hydrogen) atoms. The highest BCUT2D eigenvalue weighted by Crippen LogP contribution is 1.98. The summed E-state index contributed by atoms with van der Waals surface area (Å²) in [6.07, 6.45) is 0. The summed E-state index contributed by atoms with van der Waals surface area (Å²) < 4.78 is 18.3. The lowest BCUT2D eigenvalue weighted by atomic mass is 10.4. The van der Waals surface area contributed by atoms with E-state index in [9.17, 15) is 0 Å². The van der Waals surface area contributed by atoms with Crippen LogP contribution in [0.2, 0.25) is 0 Å². The van der Waals surface area contributed by atoms with Crippen LogP contribution in [0.15, 0.2) is 36.4 Å². The number of rotatable bonds is 0. The van der Waals surface area contributed by atoms with Gasteiger partial charge in [0.15, 0.2) is 0 Å². The molecule has 82 valence electrons. The van der Waals surface area contributed by atoms with Gasteiger partial charge in [-0.2, -0.15) is 8.42 Å². The van der Waals surface area contributed by atoms with Gasteiger partial charge in [0, 0.05) is 21.4 Å². The monoisotopic (exact) mass is 296 g/mol. The first-order chi connectivity index (χ1) is 6.41. The molecular formula is C7H8Cl4O2S. The molecule has 7 heteroatoms. The maximum absolute atomic E-state index is 9.16. The van der Waals surface area contributed by atoms with Crippen molar-refractivity contribution in [2.45, 2.75) is 0 Å². The van der Waals surface area contributed by atoms with E-state index in [0.29, 0.717) is 0 Å². The molecule has 0 amide bonds. The Labute approximate surface area is 103 Å². The second-order valence-corrected chi connectivity index (χ2v) is 6.11. The van der Waals surface area contributed by atoms with Gasteiger partial charge in [-0.05, 0) is 0 Å². The van der Waals surface area contributed by atoms with Crippen LogP contribution in [0.4, 0.5) is 0 Å². The fourth-order valence-electron chi connectivity index (χ4n) is 0.385. The highest BCUT2D eigenvalue weighted by molar-refractivity contribution is 8.31. The highest BCUT2D eigenvalue weighted by Gasteiger charge is 1.88. The van der Waals surface area contributed by atoms with Gasteiger partial charge in [0.05, 0.1) is 5.34 Å². The Morgan fingerprint density at radius 1 is 0.786 bits per heavy atom. The summed E-state index contributed by atoms with van der Waals surface area (Å²) >= 11 is 9.53. The molecule has 0 atom stereocenters. The van der Waals surface area contributed by atoms with Crippen molar-refractivity contribution in [1.82, 2.24) is 0 Å². The lowest BCUT2D eigenvalue weighted by Gasteiger charge is -1.69. The molecule has 1 rings (SSSR count). The summed E-state index contributed by atoms with van der Waals surface area (Å²) in [5.41, 5.74) is 0. The van der Waals surface area contributed by atoms with E-state index < -0.39 is 8.26 Å². The van der Waals surface area contributed by atoms with Crippen molar-refractivity contribution in [1.29, 1.82) is 0 Å². The summed E-state index contributed by atoms with van der Waals surface area (Å²) in [6, 6.07) is 12.0. The van der Waals surface area contributed by atoms with Crippen LogP contribution >= 0.6 is 44.6 Å². The Balaban J connectivity index is 0. The minimum Gasteiger partial charge on any atom is -0.195 e. The summed E-state index contributed by atoms with van der Waals surface area (Å²) in [6.45, 7) is 0. The molecule has 0 radical (unpaired) electrons. The second-order valence-electron chi connectivity index (χ2n) is 1.63. The largest absolute Gasteiger partial charge is 0.317 e. The van der Waals surface area contributed by atoms with Gasteiger partial charge < -0.3 is 0 Å². The number of hydrogen-bond acceptors (Lipinski definition) is 2. The second kappa shape index (κ2) is 11.4. The van der Waals surface area contributed by atoms with Crippen LogP contribution in [0.3, 0.4) is 0 Å². The molecule has 0 aliphatic carbocycles. The molecule has 0 fully saturated rings. The molecule has 0 aromatic heterocycles. The first-order valence-electron chi connectivity index (χ1n) is 3.18. The van der Waals surface area contributed by atoms with Crippen molar-refractivity contribution in [2.24, 2.45) is 0 Å². The SMILES string of the molecule is ClCCl.O=S(=O)(Cl)Cl.c1ccccc1. The molecule has 0 saturated carbocycles. The molecule has 1 aromatic rings. The maximum atomic E-state index is 9.16. The van der Waals surface area contributed by atoms with E-state index in [4.69, 9.17) is 31.6 Å². The molecule has 0 aliphatic heterocycles. The third-order valence-electron chi connectivity index (χ3n) is 0.667. The zero-order valence-electron chi connectivity index (χ0n) is 6.91. The third-order valence-corrected chi connectivity index (χ3v) is 0.667. The lowest BCUT2D eigenvalue weighted by molar-refractivity contribution is 0.621. The molecule has 0 spiro atoms. The summed E-state index contributed by atoms with van der Waals surface area (Å²) in [5, 5.41) is 0.194. The molecule has 0 bridgehead atoms. The van der Waals surface area contributed by atoms with Crippen molar-refractivity contribution in [3.8, 4) is 0 Å². The first kappa shape index (κ1) is 16.7. The third kappa shape index (κ3) is 39.5. The molecule has 0 saturated heterocycles. The molecule has 0 N–H and O–H groups in total.